The van der Waals surface area contributed by atoms with Crippen LogP contribution >= 0.6 is 0 Å². The van der Waals surface area contributed by atoms with Crippen LogP contribution in [0.3, 0.4) is 0 Å². The van der Waals surface area contributed by atoms with Gasteiger partial charge in [0.05, 0.1) is 13.0 Å². The van der Waals surface area contributed by atoms with Crippen LogP contribution in [0.5, 0.6) is 5.75 Å². The van der Waals surface area contributed by atoms with Gasteiger partial charge in [-0.3, -0.25) is 9.59 Å². The van der Waals surface area contributed by atoms with Gasteiger partial charge in [0.25, 0.3) is 5.91 Å². The Morgan fingerprint density at radius 2 is 1.47 bits per heavy atom. The molecule has 3 aromatic rings. The molecule has 3 rings (SSSR count). The highest BCUT2D eigenvalue weighted by atomic mass is 16.5. The molecule has 0 bridgehead atoms. The van der Waals surface area contributed by atoms with Gasteiger partial charge in [0.1, 0.15) is 5.75 Å². The molecular weight excluding hydrogens is 376 g/mol. The Morgan fingerprint density at radius 3 is 2.13 bits per heavy atom. The van der Waals surface area contributed by atoms with Crippen molar-refractivity contribution in [2.75, 3.05) is 13.7 Å². The van der Waals surface area contributed by atoms with E-state index in [1.807, 2.05) is 72.8 Å². The summed E-state index contributed by atoms with van der Waals surface area (Å²) in [5.74, 6) is 0.643. The number of hydrogen-bond donors (Lipinski definition) is 1. The van der Waals surface area contributed by atoms with Crippen LogP contribution < -0.4 is 10.1 Å². The Bertz CT molecular complexity index is 941. The zero-order valence-electron chi connectivity index (χ0n) is 17.1. The predicted molar refractivity (Wildman–Crippen MR) is 117 cm³/mol. The van der Waals surface area contributed by atoms with Crippen LogP contribution in [0.4, 0.5) is 0 Å². The lowest BCUT2D eigenvalue weighted by atomic mass is 10.1. The third-order valence-corrected chi connectivity index (χ3v) is 4.64. The van der Waals surface area contributed by atoms with Gasteiger partial charge in [-0.05, 0) is 35.4 Å². The minimum atomic E-state index is -0.0753. The first-order valence-electron chi connectivity index (χ1n) is 9.95. The molecule has 5 heteroatoms. The maximum atomic E-state index is 12.6. The van der Waals surface area contributed by atoms with E-state index in [-0.39, 0.29) is 18.2 Å². The highest BCUT2D eigenvalue weighted by Gasteiger charge is 2.12. The van der Waals surface area contributed by atoms with Crippen LogP contribution in [0.15, 0.2) is 84.9 Å². The summed E-state index contributed by atoms with van der Waals surface area (Å²) in [7, 11) is 1.79. The van der Waals surface area contributed by atoms with Crippen molar-refractivity contribution in [3.8, 4) is 5.75 Å². The van der Waals surface area contributed by atoms with Gasteiger partial charge in [0, 0.05) is 25.7 Å². The highest BCUT2D eigenvalue weighted by Crippen LogP contribution is 2.11. The first-order chi connectivity index (χ1) is 14.6. The van der Waals surface area contributed by atoms with Crippen LogP contribution in [0.2, 0.25) is 0 Å². The number of nitrogens with one attached hydrogen (secondary N) is 1. The van der Waals surface area contributed by atoms with Gasteiger partial charge >= 0.3 is 0 Å². The van der Waals surface area contributed by atoms with E-state index in [1.165, 1.54) is 0 Å². The monoisotopic (exact) mass is 402 g/mol. The Kier molecular flexibility index (Phi) is 7.61. The summed E-state index contributed by atoms with van der Waals surface area (Å²) in [6.45, 7) is 1.30. The smallest absolute Gasteiger partial charge is 0.253 e. The molecule has 0 atom stereocenters. The average Bonchev–Trinajstić information content (AvgIpc) is 2.79. The lowest BCUT2D eigenvalue weighted by Crippen LogP contribution is -2.26. The fourth-order valence-electron chi connectivity index (χ4n) is 2.98. The quantitative estimate of drug-likeness (QED) is 0.588. The summed E-state index contributed by atoms with van der Waals surface area (Å²) >= 11 is 0. The number of amides is 2. The van der Waals surface area contributed by atoms with Crippen molar-refractivity contribution >= 4 is 11.8 Å². The van der Waals surface area contributed by atoms with Crippen LogP contribution in [0, 0.1) is 0 Å². The molecule has 0 saturated heterocycles. The molecule has 0 aliphatic carbocycles. The van der Waals surface area contributed by atoms with E-state index >= 15 is 0 Å². The Hall–Kier alpha value is -3.60. The number of carbonyl (C=O) groups excluding carboxylic acids is 2. The molecule has 0 unspecified atom stereocenters. The molecule has 154 valence electrons. The van der Waals surface area contributed by atoms with Crippen LogP contribution in [0.1, 0.15) is 27.9 Å². The van der Waals surface area contributed by atoms with E-state index in [2.05, 4.69) is 5.32 Å². The fourth-order valence-corrected chi connectivity index (χ4v) is 2.98. The molecule has 0 fully saturated rings. The molecule has 0 aliphatic rings. The van der Waals surface area contributed by atoms with Crippen molar-refractivity contribution in [1.29, 1.82) is 0 Å². The highest BCUT2D eigenvalue weighted by molar-refractivity contribution is 5.94. The minimum Gasteiger partial charge on any atom is -0.493 e. The molecule has 5 nitrogen and oxygen atoms in total. The number of rotatable bonds is 9. The number of nitrogens with zero attached hydrogens (tertiary/aromatic N) is 1. The molecule has 0 aliphatic heterocycles. The average molecular weight is 402 g/mol. The van der Waals surface area contributed by atoms with Crippen LogP contribution in [-0.4, -0.2) is 30.4 Å². The molecule has 0 heterocycles. The number of para-hydroxylation sites is 1. The third-order valence-electron chi connectivity index (χ3n) is 4.64. The van der Waals surface area contributed by atoms with Crippen LogP contribution in [0.25, 0.3) is 0 Å². The molecule has 0 radical (unpaired) electrons. The minimum absolute atomic E-state index is 0.0347. The summed E-state index contributed by atoms with van der Waals surface area (Å²) in [4.78, 5) is 26.3. The molecular formula is C25H26N2O3. The van der Waals surface area contributed by atoms with Gasteiger partial charge in [0.2, 0.25) is 5.91 Å². The molecule has 0 saturated carbocycles. The van der Waals surface area contributed by atoms with Gasteiger partial charge < -0.3 is 15.0 Å². The number of hydrogen-bond acceptors (Lipinski definition) is 3. The topological polar surface area (TPSA) is 58.6 Å². The standard InChI is InChI=1S/C25H26N2O3/c1-27(19-21-8-4-2-5-9-21)25(29)22-14-12-20(13-15-22)18-26-24(28)16-17-30-23-10-6-3-7-11-23/h2-15H,16-19H2,1H3,(H,26,28). The summed E-state index contributed by atoms with van der Waals surface area (Å²) in [5, 5.41) is 2.88. The molecule has 3 aromatic carbocycles. The van der Waals surface area contributed by atoms with Gasteiger partial charge in [-0.2, -0.15) is 0 Å². The van der Waals surface area contributed by atoms with E-state index in [0.717, 1.165) is 16.9 Å². The first kappa shape index (κ1) is 21.1. The van der Waals surface area contributed by atoms with E-state index in [0.29, 0.717) is 25.3 Å². The number of carbonyl (C=O) groups is 2. The van der Waals surface area contributed by atoms with Crippen molar-refractivity contribution < 1.29 is 14.3 Å². The molecule has 1 N–H and O–H groups in total. The van der Waals surface area contributed by atoms with E-state index in [9.17, 15) is 9.59 Å². The van der Waals surface area contributed by atoms with Gasteiger partial charge in [-0.15, -0.1) is 0 Å². The second kappa shape index (κ2) is 10.8. The van der Waals surface area contributed by atoms with Crippen molar-refractivity contribution in [3.63, 3.8) is 0 Å². The molecule has 2 amide bonds. The second-order valence-corrected chi connectivity index (χ2v) is 7.03. The Morgan fingerprint density at radius 1 is 0.833 bits per heavy atom. The largest absolute Gasteiger partial charge is 0.493 e. The normalized spacial score (nSPS) is 10.3. The third kappa shape index (κ3) is 6.48. The molecule has 0 aromatic heterocycles. The lowest BCUT2D eigenvalue weighted by Gasteiger charge is -2.17. The van der Waals surface area contributed by atoms with Crippen molar-refractivity contribution in [2.45, 2.75) is 19.5 Å². The number of ether oxygens (including phenoxy) is 1. The summed E-state index contributed by atoms with van der Waals surface area (Å²) in [5.41, 5.74) is 2.65. The van der Waals surface area contributed by atoms with Crippen molar-refractivity contribution in [2.24, 2.45) is 0 Å². The maximum Gasteiger partial charge on any atom is 0.253 e. The summed E-state index contributed by atoms with van der Waals surface area (Å²) in [6.07, 6.45) is 0.287. The van der Waals surface area contributed by atoms with E-state index < -0.39 is 0 Å². The predicted octanol–water partition coefficient (Wildman–Crippen LogP) is 4.04. The van der Waals surface area contributed by atoms with Crippen molar-refractivity contribution in [1.82, 2.24) is 10.2 Å². The van der Waals surface area contributed by atoms with E-state index in [1.54, 1.807) is 24.1 Å². The summed E-state index contributed by atoms with van der Waals surface area (Å²) in [6, 6.07) is 26.6. The maximum absolute atomic E-state index is 12.6. The molecule has 0 spiro atoms. The fraction of sp³-hybridized carbons (Fsp3) is 0.200. The zero-order chi connectivity index (χ0) is 21.2. The Balaban J connectivity index is 1.42. The molecule has 30 heavy (non-hydrogen) atoms. The van der Waals surface area contributed by atoms with Gasteiger partial charge in [-0.25, -0.2) is 0 Å². The van der Waals surface area contributed by atoms with Crippen LogP contribution in [-0.2, 0) is 17.9 Å². The Labute approximate surface area is 177 Å². The zero-order valence-corrected chi connectivity index (χ0v) is 17.1. The first-order valence-corrected chi connectivity index (χ1v) is 9.95. The van der Waals surface area contributed by atoms with Gasteiger partial charge in [0.15, 0.2) is 0 Å². The van der Waals surface area contributed by atoms with Gasteiger partial charge in [-0.1, -0.05) is 60.7 Å². The van der Waals surface area contributed by atoms with E-state index in [4.69, 9.17) is 4.74 Å². The summed E-state index contributed by atoms with van der Waals surface area (Å²) < 4.78 is 5.53. The van der Waals surface area contributed by atoms with Crippen molar-refractivity contribution in [3.05, 3.63) is 102 Å². The lowest BCUT2D eigenvalue weighted by molar-refractivity contribution is -0.121. The number of benzene rings is 3. The SMILES string of the molecule is CN(Cc1ccccc1)C(=O)c1ccc(CNC(=O)CCOc2ccccc2)cc1. The second-order valence-electron chi connectivity index (χ2n) is 7.03.